The first kappa shape index (κ1) is 17.6. The molecule has 1 aromatic carbocycles. The molecule has 0 heterocycles. The molecule has 0 aliphatic rings. The van der Waals surface area contributed by atoms with Crippen molar-refractivity contribution in [2.45, 2.75) is 32.2 Å². The van der Waals surface area contributed by atoms with E-state index >= 15 is 0 Å². The SMILES string of the molecule is CCOC(=O)C([C@@H](CC(C)=O)c1cccc(OC)c1)[N+](=O)[O-]. The average molecular weight is 309 g/mol. The van der Waals surface area contributed by atoms with Gasteiger partial charge < -0.3 is 14.3 Å². The predicted octanol–water partition coefficient (Wildman–Crippen LogP) is 1.97. The highest BCUT2D eigenvalue weighted by Gasteiger charge is 2.41. The van der Waals surface area contributed by atoms with Crippen LogP contribution >= 0.6 is 0 Å². The molecule has 0 saturated carbocycles. The van der Waals surface area contributed by atoms with Crippen molar-refractivity contribution in [3.8, 4) is 5.75 Å². The van der Waals surface area contributed by atoms with Crippen molar-refractivity contribution in [3.05, 3.63) is 39.9 Å². The lowest BCUT2D eigenvalue weighted by Crippen LogP contribution is -2.38. The first-order valence-electron chi connectivity index (χ1n) is 6.84. The third-order valence-electron chi connectivity index (χ3n) is 3.17. The minimum Gasteiger partial charge on any atom is -0.497 e. The van der Waals surface area contributed by atoms with Gasteiger partial charge in [-0.3, -0.25) is 10.1 Å². The van der Waals surface area contributed by atoms with Gasteiger partial charge in [0.05, 0.1) is 19.6 Å². The van der Waals surface area contributed by atoms with Crippen molar-refractivity contribution in [2.75, 3.05) is 13.7 Å². The topological polar surface area (TPSA) is 95.7 Å². The molecule has 1 rings (SSSR count). The number of ketones is 1. The van der Waals surface area contributed by atoms with Crippen molar-refractivity contribution in [3.63, 3.8) is 0 Å². The Morgan fingerprint density at radius 3 is 2.55 bits per heavy atom. The van der Waals surface area contributed by atoms with Crippen LogP contribution in [0.3, 0.4) is 0 Å². The van der Waals surface area contributed by atoms with E-state index in [2.05, 4.69) is 0 Å². The minimum absolute atomic E-state index is 0.0358. The van der Waals surface area contributed by atoms with Crippen LogP contribution in [0.4, 0.5) is 0 Å². The number of hydrogen-bond acceptors (Lipinski definition) is 6. The maximum atomic E-state index is 11.9. The molecule has 120 valence electrons. The predicted molar refractivity (Wildman–Crippen MR) is 78.4 cm³/mol. The molecule has 7 nitrogen and oxygen atoms in total. The zero-order chi connectivity index (χ0) is 16.7. The molecule has 0 aliphatic heterocycles. The van der Waals surface area contributed by atoms with Crippen molar-refractivity contribution >= 4 is 11.8 Å². The Morgan fingerprint density at radius 1 is 1.36 bits per heavy atom. The number of esters is 1. The van der Waals surface area contributed by atoms with Gasteiger partial charge in [-0.2, -0.15) is 0 Å². The third kappa shape index (κ3) is 4.54. The molecule has 0 amide bonds. The standard InChI is InChI=1S/C15H19NO6/c1-4-22-15(18)14(16(19)20)13(8-10(2)17)11-6-5-7-12(9-11)21-3/h5-7,9,13-14H,4,8H2,1-3H3/t13-,14?/m0/s1. The van der Waals surface area contributed by atoms with E-state index in [1.165, 1.54) is 14.0 Å². The molecule has 0 N–H and O–H groups in total. The number of nitro groups is 1. The van der Waals surface area contributed by atoms with Gasteiger partial charge in [-0.15, -0.1) is 0 Å². The molecule has 1 unspecified atom stereocenters. The molecule has 0 aromatic heterocycles. The molecular weight excluding hydrogens is 290 g/mol. The van der Waals surface area contributed by atoms with Crippen LogP contribution in [-0.2, 0) is 14.3 Å². The number of nitrogens with zero attached hydrogens (tertiary/aromatic N) is 1. The van der Waals surface area contributed by atoms with E-state index in [1.54, 1.807) is 31.2 Å². The molecule has 0 spiro atoms. The van der Waals surface area contributed by atoms with E-state index in [9.17, 15) is 19.7 Å². The van der Waals surface area contributed by atoms with Crippen molar-refractivity contribution in [2.24, 2.45) is 0 Å². The fourth-order valence-corrected chi connectivity index (χ4v) is 2.22. The van der Waals surface area contributed by atoms with Crippen LogP contribution in [0.25, 0.3) is 0 Å². The van der Waals surface area contributed by atoms with E-state index in [0.717, 1.165) is 0 Å². The van der Waals surface area contributed by atoms with Gasteiger partial charge in [0.1, 0.15) is 11.5 Å². The first-order valence-corrected chi connectivity index (χ1v) is 6.84. The Hall–Kier alpha value is -2.44. The average Bonchev–Trinajstić information content (AvgIpc) is 2.46. The Kier molecular flexibility index (Phi) is 6.49. The summed E-state index contributed by atoms with van der Waals surface area (Å²) in [5, 5.41) is 11.3. The fraction of sp³-hybridized carbons (Fsp3) is 0.467. The van der Waals surface area contributed by atoms with Crippen LogP contribution in [-0.4, -0.2) is 36.4 Å². The summed E-state index contributed by atoms with van der Waals surface area (Å²) in [5.74, 6) is -1.59. The molecular formula is C15H19NO6. The number of Topliss-reactive ketones (excluding diaryl/α,β-unsaturated/α-hetero) is 1. The zero-order valence-corrected chi connectivity index (χ0v) is 12.8. The summed E-state index contributed by atoms with van der Waals surface area (Å²) in [5.41, 5.74) is 0.490. The third-order valence-corrected chi connectivity index (χ3v) is 3.17. The summed E-state index contributed by atoms with van der Waals surface area (Å²) < 4.78 is 9.87. The zero-order valence-electron chi connectivity index (χ0n) is 12.8. The van der Waals surface area contributed by atoms with Crippen LogP contribution in [0.5, 0.6) is 5.75 Å². The van der Waals surface area contributed by atoms with Gasteiger partial charge in [0.25, 0.3) is 0 Å². The molecule has 22 heavy (non-hydrogen) atoms. The number of benzene rings is 1. The number of methoxy groups -OCH3 is 1. The highest BCUT2D eigenvalue weighted by molar-refractivity contribution is 5.80. The second kappa shape index (κ2) is 8.11. The van der Waals surface area contributed by atoms with Gasteiger partial charge in [-0.1, -0.05) is 12.1 Å². The van der Waals surface area contributed by atoms with E-state index < -0.39 is 22.9 Å². The molecule has 7 heteroatoms. The molecule has 0 saturated heterocycles. The van der Waals surface area contributed by atoms with Crippen LogP contribution in [0, 0.1) is 10.1 Å². The molecule has 0 bridgehead atoms. The fourth-order valence-electron chi connectivity index (χ4n) is 2.22. The number of rotatable bonds is 8. The lowest BCUT2D eigenvalue weighted by Gasteiger charge is -2.19. The van der Waals surface area contributed by atoms with Gasteiger partial charge in [0, 0.05) is 11.3 Å². The molecule has 2 atom stereocenters. The van der Waals surface area contributed by atoms with Gasteiger partial charge in [0.2, 0.25) is 0 Å². The Bertz CT molecular complexity index is 557. The van der Waals surface area contributed by atoms with Gasteiger partial charge in [-0.25, -0.2) is 4.79 Å². The summed E-state index contributed by atoms with van der Waals surface area (Å²) in [6, 6.07) is 4.93. The lowest BCUT2D eigenvalue weighted by atomic mass is 9.87. The van der Waals surface area contributed by atoms with Crippen molar-refractivity contribution in [1.82, 2.24) is 0 Å². The summed E-state index contributed by atoms with van der Waals surface area (Å²) in [7, 11) is 1.47. The van der Waals surface area contributed by atoms with E-state index in [1.807, 2.05) is 0 Å². The summed E-state index contributed by atoms with van der Waals surface area (Å²) >= 11 is 0. The highest BCUT2D eigenvalue weighted by atomic mass is 16.6. The maximum absolute atomic E-state index is 11.9. The molecule has 0 aliphatic carbocycles. The van der Waals surface area contributed by atoms with E-state index in [-0.39, 0.29) is 18.8 Å². The van der Waals surface area contributed by atoms with Crippen LogP contribution < -0.4 is 4.74 Å². The van der Waals surface area contributed by atoms with Gasteiger partial charge >= 0.3 is 12.0 Å². The van der Waals surface area contributed by atoms with Crippen molar-refractivity contribution < 1.29 is 24.0 Å². The van der Waals surface area contributed by atoms with Gasteiger partial charge in [0.15, 0.2) is 0 Å². The quantitative estimate of drug-likeness (QED) is 0.414. The van der Waals surface area contributed by atoms with Gasteiger partial charge in [-0.05, 0) is 31.5 Å². The number of hydrogen-bond donors (Lipinski definition) is 0. The number of carbonyl (C=O) groups is 2. The monoisotopic (exact) mass is 309 g/mol. The van der Waals surface area contributed by atoms with Crippen LogP contribution in [0.2, 0.25) is 0 Å². The number of carbonyl (C=O) groups excluding carboxylic acids is 2. The Balaban J connectivity index is 3.26. The lowest BCUT2D eigenvalue weighted by molar-refractivity contribution is -0.514. The van der Waals surface area contributed by atoms with Crippen LogP contribution in [0.15, 0.2) is 24.3 Å². The van der Waals surface area contributed by atoms with Crippen molar-refractivity contribution in [1.29, 1.82) is 0 Å². The first-order chi connectivity index (χ1) is 10.4. The highest BCUT2D eigenvalue weighted by Crippen LogP contribution is 2.29. The Morgan fingerprint density at radius 2 is 2.05 bits per heavy atom. The van der Waals surface area contributed by atoms with Crippen LogP contribution in [0.1, 0.15) is 31.7 Å². The molecule has 0 radical (unpaired) electrons. The maximum Gasteiger partial charge on any atom is 0.382 e. The second-order valence-corrected chi connectivity index (χ2v) is 4.77. The smallest absolute Gasteiger partial charge is 0.382 e. The van der Waals surface area contributed by atoms with E-state index in [4.69, 9.17) is 9.47 Å². The summed E-state index contributed by atoms with van der Waals surface area (Å²) in [6.07, 6.45) is -0.127. The summed E-state index contributed by atoms with van der Waals surface area (Å²) in [4.78, 5) is 34.0. The number of ether oxygens (including phenoxy) is 2. The summed E-state index contributed by atoms with van der Waals surface area (Å²) in [6.45, 7) is 2.93. The van der Waals surface area contributed by atoms with E-state index in [0.29, 0.717) is 11.3 Å². The molecule has 1 aromatic rings. The molecule has 0 fully saturated rings. The second-order valence-electron chi connectivity index (χ2n) is 4.77. The largest absolute Gasteiger partial charge is 0.497 e. The minimum atomic E-state index is -1.63. The Labute approximate surface area is 128 Å². The normalized spacial score (nSPS) is 13.0.